The van der Waals surface area contributed by atoms with Gasteiger partial charge in [0.1, 0.15) is 0 Å². The Morgan fingerprint density at radius 2 is 2.33 bits per heavy atom. The molecule has 15 heavy (non-hydrogen) atoms. The van der Waals surface area contributed by atoms with Crippen LogP contribution in [0.1, 0.15) is 25.1 Å². The normalized spacial score (nSPS) is 13.0. The number of nitrogens with two attached hydrogens (primary N) is 1. The summed E-state index contributed by atoms with van der Waals surface area (Å²) < 4.78 is 0. The molecule has 2 N–H and O–H groups in total. The van der Waals surface area contributed by atoms with Gasteiger partial charge in [-0.05, 0) is 24.4 Å². The van der Waals surface area contributed by atoms with Crippen LogP contribution in [0.4, 0.5) is 0 Å². The highest BCUT2D eigenvalue weighted by Gasteiger charge is 2.20. The van der Waals surface area contributed by atoms with E-state index in [-0.39, 0.29) is 11.9 Å². The molecule has 0 aromatic carbocycles. The van der Waals surface area contributed by atoms with Crippen molar-refractivity contribution < 1.29 is 4.79 Å². The zero-order valence-electron chi connectivity index (χ0n) is 9.27. The summed E-state index contributed by atoms with van der Waals surface area (Å²) in [4.78, 5) is 14.6. The highest BCUT2D eigenvalue weighted by Crippen LogP contribution is 2.14. The minimum atomic E-state index is -0.226. The number of carbonyl (C=O) groups is 1. The predicted molar refractivity (Wildman–Crippen MR) is 63.7 cm³/mol. The van der Waals surface area contributed by atoms with Crippen LogP contribution >= 0.6 is 11.3 Å². The largest absolute Gasteiger partial charge is 0.368 e. The summed E-state index contributed by atoms with van der Waals surface area (Å²) in [5.74, 6) is -0.226. The first kappa shape index (κ1) is 12.2. The molecule has 0 radical (unpaired) electrons. The molecular weight excluding hydrogens is 208 g/mol. The molecule has 1 atom stereocenters. The lowest BCUT2D eigenvalue weighted by molar-refractivity contribution is -0.123. The standard InChI is InChI=1S/C11H18N2OS/c1-3-10(11(12)14)13(4-2)8-9-6-5-7-15-9/h5-7,10H,3-4,8H2,1-2H3,(H2,12,14). The number of amides is 1. The van der Waals surface area contributed by atoms with Crippen molar-refractivity contribution in [2.75, 3.05) is 6.54 Å². The van der Waals surface area contributed by atoms with Crippen LogP contribution in [-0.2, 0) is 11.3 Å². The smallest absolute Gasteiger partial charge is 0.234 e. The van der Waals surface area contributed by atoms with Gasteiger partial charge < -0.3 is 5.73 Å². The zero-order chi connectivity index (χ0) is 11.3. The summed E-state index contributed by atoms with van der Waals surface area (Å²) in [7, 11) is 0. The van der Waals surface area contributed by atoms with Gasteiger partial charge in [-0.1, -0.05) is 19.9 Å². The summed E-state index contributed by atoms with van der Waals surface area (Å²) in [6.07, 6.45) is 0.772. The van der Waals surface area contributed by atoms with E-state index >= 15 is 0 Å². The van der Waals surface area contributed by atoms with Crippen LogP contribution < -0.4 is 5.73 Å². The third-order valence-electron chi connectivity index (χ3n) is 2.50. The zero-order valence-corrected chi connectivity index (χ0v) is 10.1. The van der Waals surface area contributed by atoms with E-state index in [0.29, 0.717) is 0 Å². The molecule has 0 aliphatic carbocycles. The van der Waals surface area contributed by atoms with Gasteiger partial charge in [-0.15, -0.1) is 11.3 Å². The highest BCUT2D eigenvalue weighted by atomic mass is 32.1. The minimum Gasteiger partial charge on any atom is -0.368 e. The molecule has 1 unspecified atom stereocenters. The number of rotatable bonds is 6. The van der Waals surface area contributed by atoms with E-state index in [2.05, 4.69) is 17.9 Å². The number of primary amides is 1. The number of hydrogen-bond donors (Lipinski definition) is 1. The molecule has 0 bridgehead atoms. The van der Waals surface area contributed by atoms with Gasteiger partial charge in [-0.2, -0.15) is 0 Å². The molecule has 4 heteroatoms. The second-order valence-corrected chi connectivity index (χ2v) is 4.50. The lowest BCUT2D eigenvalue weighted by Gasteiger charge is -2.26. The van der Waals surface area contributed by atoms with Crippen molar-refractivity contribution in [1.29, 1.82) is 0 Å². The average Bonchev–Trinajstić information content (AvgIpc) is 2.69. The second-order valence-electron chi connectivity index (χ2n) is 3.47. The minimum absolute atomic E-state index is 0.142. The maximum Gasteiger partial charge on any atom is 0.234 e. The monoisotopic (exact) mass is 226 g/mol. The van der Waals surface area contributed by atoms with E-state index in [4.69, 9.17) is 5.73 Å². The predicted octanol–water partition coefficient (Wildman–Crippen LogP) is 1.83. The molecule has 0 aliphatic rings. The SMILES string of the molecule is CCC(C(N)=O)N(CC)Cc1cccs1. The van der Waals surface area contributed by atoms with Crippen LogP contribution in [0.15, 0.2) is 17.5 Å². The molecule has 1 aromatic rings. The van der Waals surface area contributed by atoms with Crippen molar-refractivity contribution in [3.8, 4) is 0 Å². The lowest BCUT2D eigenvalue weighted by Crippen LogP contribution is -2.43. The van der Waals surface area contributed by atoms with Crippen LogP contribution in [0.5, 0.6) is 0 Å². The van der Waals surface area contributed by atoms with Gasteiger partial charge in [-0.25, -0.2) is 0 Å². The third kappa shape index (κ3) is 3.32. The highest BCUT2D eigenvalue weighted by molar-refractivity contribution is 7.09. The molecule has 1 amide bonds. The lowest BCUT2D eigenvalue weighted by atomic mass is 10.1. The summed E-state index contributed by atoms with van der Waals surface area (Å²) >= 11 is 1.71. The van der Waals surface area contributed by atoms with E-state index in [1.807, 2.05) is 18.4 Å². The number of thiophene rings is 1. The quantitative estimate of drug-likeness (QED) is 0.804. The van der Waals surface area contributed by atoms with Gasteiger partial charge in [-0.3, -0.25) is 9.69 Å². The number of carbonyl (C=O) groups excluding carboxylic acids is 1. The molecule has 1 rings (SSSR count). The maximum absolute atomic E-state index is 11.2. The number of nitrogens with zero attached hydrogens (tertiary/aromatic N) is 1. The van der Waals surface area contributed by atoms with Crippen molar-refractivity contribution in [2.24, 2.45) is 5.73 Å². The molecule has 0 aliphatic heterocycles. The van der Waals surface area contributed by atoms with Crippen LogP contribution in [0, 0.1) is 0 Å². The summed E-state index contributed by atoms with van der Waals surface area (Å²) in [6, 6.07) is 3.97. The van der Waals surface area contributed by atoms with Crippen LogP contribution in [-0.4, -0.2) is 23.4 Å². The molecule has 0 saturated carbocycles. The fourth-order valence-electron chi connectivity index (χ4n) is 1.68. The van der Waals surface area contributed by atoms with E-state index in [1.165, 1.54) is 4.88 Å². The van der Waals surface area contributed by atoms with Gasteiger partial charge >= 0.3 is 0 Å². The Morgan fingerprint density at radius 1 is 1.60 bits per heavy atom. The summed E-state index contributed by atoms with van der Waals surface area (Å²) in [5.41, 5.74) is 5.38. The van der Waals surface area contributed by atoms with Gasteiger partial charge in [0.25, 0.3) is 0 Å². The Morgan fingerprint density at radius 3 is 2.73 bits per heavy atom. The Kier molecular flexibility index (Phi) is 4.78. The van der Waals surface area contributed by atoms with Crippen molar-refractivity contribution in [3.05, 3.63) is 22.4 Å². The van der Waals surface area contributed by atoms with Crippen molar-refractivity contribution in [1.82, 2.24) is 4.90 Å². The summed E-state index contributed by atoms with van der Waals surface area (Å²) in [5, 5.41) is 2.05. The molecule has 3 nitrogen and oxygen atoms in total. The van der Waals surface area contributed by atoms with Crippen LogP contribution in [0.25, 0.3) is 0 Å². The first-order chi connectivity index (χ1) is 7.19. The van der Waals surface area contributed by atoms with E-state index in [0.717, 1.165) is 19.5 Å². The van der Waals surface area contributed by atoms with E-state index in [9.17, 15) is 4.79 Å². The second kappa shape index (κ2) is 5.88. The van der Waals surface area contributed by atoms with Crippen LogP contribution in [0.2, 0.25) is 0 Å². The Balaban J connectivity index is 2.65. The topological polar surface area (TPSA) is 46.3 Å². The molecule has 1 heterocycles. The summed E-state index contributed by atoms with van der Waals surface area (Å²) in [6.45, 7) is 5.71. The maximum atomic E-state index is 11.2. The average molecular weight is 226 g/mol. The number of likely N-dealkylation sites (N-methyl/N-ethyl adjacent to an activating group) is 1. The number of hydrogen-bond acceptors (Lipinski definition) is 3. The fraction of sp³-hybridized carbons (Fsp3) is 0.545. The molecule has 0 fully saturated rings. The fourth-order valence-corrected chi connectivity index (χ4v) is 2.41. The third-order valence-corrected chi connectivity index (χ3v) is 3.36. The van der Waals surface area contributed by atoms with E-state index < -0.39 is 0 Å². The van der Waals surface area contributed by atoms with Gasteiger partial charge in [0.2, 0.25) is 5.91 Å². The van der Waals surface area contributed by atoms with Gasteiger partial charge in [0.05, 0.1) is 6.04 Å². The van der Waals surface area contributed by atoms with Crippen LogP contribution in [0.3, 0.4) is 0 Å². The van der Waals surface area contributed by atoms with Crippen molar-refractivity contribution >= 4 is 17.2 Å². The molecule has 0 saturated heterocycles. The van der Waals surface area contributed by atoms with Gasteiger partial charge in [0.15, 0.2) is 0 Å². The Labute approximate surface area is 94.9 Å². The van der Waals surface area contributed by atoms with Gasteiger partial charge in [0, 0.05) is 11.4 Å². The Hall–Kier alpha value is -0.870. The molecular formula is C11H18N2OS. The molecule has 1 aromatic heterocycles. The van der Waals surface area contributed by atoms with E-state index in [1.54, 1.807) is 11.3 Å². The van der Waals surface area contributed by atoms with Crippen molar-refractivity contribution in [2.45, 2.75) is 32.9 Å². The first-order valence-electron chi connectivity index (χ1n) is 5.24. The first-order valence-corrected chi connectivity index (χ1v) is 6.12. The van der Waals surface area contributed by atoms with Crippen molar-refractivity contribution in [3.63, 3.8) is 0 Å². The molecule has 0 spiro atoms. The Bertz CT molecular complexity index is 298. The molecule has 84 valence electrons.